The molecule has 11 nitrogen and oxygen atoms in total. The lowest BCUT2D eigenvalue weighted by molar-refractivity contribution is -0.142. The first-order chi connectivity index (χ1) is 19.7. The molecule has 0 saturated carbocycles. The maximum Gasteiger partial charge on any atom is 0.326 e. The SMILES string of the molecule is CN[C@H](C(=O)N[C@H](C(=O)N(C)[C@H](/C=C(\C)C(=O)N[C@@H](CCC(=O)O)C(=O)O)C(C)C)C(C)(C)C)C(C)(C)c1ccccc1. The van der Waals surface area contributed by atoms with Gasteiger partial charge in [-0.3, -0.25) is 19.2 Å². The Morgan fingerprint density at radius 3 is 1.93 bits per heavy atom. The Kier molecular flexibility index (Phi) is 13.6. The van der Waals surface area contributed by atoms with Gasteiger partial charge < -0.3 is 31.1 Å². The van der Waals surface area contributed by atoms with E-state index in [4.69, 9.17) is 5.11 Å². The van der Waals surface area contributed by atoms with Crippen LogP contribution in [0.3, 0.4) is 0 Å². The van der Waals surface area contributed by atoms with Crippen molar-refractivity contribution < 1.29 is 34.2 Å². The lowest BCUT2D eigenvalue weighted by Crippen LogP contribution is -2.61. The molecule has 0 unspecified atom stereocenters. The lowest BCUT2D eigenvalue weighted by Gasteiger charge is -2.40. The highest BCUT2D eigenvalue weighted by Crippen LogP contribution is 2.29. The van der Waals surface area contributed by atoms with Gasteiger partial charge in [0.25, 0.3) is 0 Å². The molecule has 0 radical (unpaired) electrons. The summed E-state index contributed by atoms with van der Waals surface area (Å²) in [5.74, 6) is -4.00. The minimum atomic E-state index is -1.37. The summed E-state index contributed by atoms with van der Waals surface area (Å²) in [6.45, 7) is 14.8. The lowest BCUT2D eigenvalue weighted by atomic mass is 9.76. The molecule has 0 aliphatic rings. The first-order valence-electron chi connectivity index (χ1n) is 14.5. The van der Waals surface area contributed by atoms with Crippen LogP contribution in [0, 0.1) is 11.3 Å². The van der Waals surface area contributed by atoms with Crippen LogP contribution in [-0.4, -0.2) is 83.0 Å². The van der Waals surface area contributed by atoms with Crippen LogP contribution in [0.2, 0.25) is 0 Å². The number of rotatable bonds is 15. The first-order valence-corrected chi connectivity index (χ1v) is 14.5. The van der Waals surface area contributed by atoms with E-state index in [0.717, 1.165) is 5.56 Å². The van der Waals surface area contributed by atoms with Crippen LogP contribution in [0.15, 0.2) is 42.0 Å². The molecule has 0 aromatic heterocycles. The Hall–Kier alpha value is -3.73. The maximum atomic E-state index is 14.0. The third-order valence-corrected chi connectivity index (χ3v) is 7.70. The van der Waals surface area contributed by atoms with Gasteiger partial charge in [-0.15, -0.1) is 0 Å². The second kappa shape index (κ2) is 15.7. The summed E-state index contributed by atoms with van der Waals surface area (Å²) in [5, 5.41) is 26.8. The number of hydrogen-bond donors (Lipinski definition) is 5. The summed E-state index contributed by atoms with van der Waals surface area (Å²) in [4.78, 5) is 64.5. The zero-order valence-electron chi connectivity index (χ0n) is 27.1. The van der Waals surface area contributed by atoms with Crippen molar-refractivity contribution in [3.8, 4) is 0 Å². The minimum Gasteiger partial charge on any atom is -0.481 e. The zero-order chi connectivity index (χ0) is 33.3. The van der Waals surface area contributed by atoms with Gasteiger partial charge in [0.05, 0.1) is 12.1 Å². The van der Waals surface area contributed by atoms with E-state index in [1.165, 1.54) is 11.8 Å². The number of nitrogens with zero attached hydrogens (tertiary/aromatic N) is 1. The van der Waals surface area contributed by atoms with Gasteiger partial charge in [0, 0.05) is 24.5 Å². The molecule has 5 N–H and O–H groups in total. The van der Waals surface area contributed by atoms with Crippen molar-refractivity contribution in [2.75, 3.05) is 14.1 Å². The van der Waals surface area contributed by atoms with Crippen LogP contribution in [0.5, 0.6) is 0 Å². The Morgan fingerprint density at radius 2 is 1.49 bits per heavy atom. The molecule has 0 bridgehead atoms. The number of nitrogens with one attached hydrogen (secondary N) is 3. The van der Waals surface area contributed by atoms with E-state index in [2.05, 4.69) is 16.0 Å². The predicted molar refractivity (Wildman–Crippen MR) is 165 cm³/mol. The van der Waals surface area contributed by atoms with E-state index >= 15 is 0 Å². The van der Waals surface area contributed by atoms with Gasteiger partial charge in [0.2, 0.25) is 17.7 Å². The number of hydrogen-bond acceptors (Lipinski definition) is 6. The standard InChI is InChI=1S/C32H50N4O7/c1-19(2)23(18-20(3)27(39)34-22(30(42)43)16-17-24(37)38)36(10)29(41)26(31(4,5)6)35-28(40)25(33-9)32(7,8)21-14-12-11-13-15-21/h11-15,18-19,22-23,25-26,33H,16-17H2,1-10H3,(H,34,39)(H,35,40)(H,37,38)(H,42,43)/b20-18+/t22-,23+,25+,26+/m0/s1. The van der Waals surface area contributed by atoms with Gasteiger partial charge in [-0.05, 0) is 37.3 Å². The second-order valence-corrected chi connectivity index (χ2v) is 12.9. The fraction of sp³-hybridized carbons (Fsp3) is 0.594. The van der Waals surface area contributed by atoms with Crippen molar-refractivity contribution in [2.24, 2.45) is 11.3 Å². The Balaban J connectivity index is 3.27. The number of carbonyl (C=O) groups excluding carboxylic acids is 3. The molecule has 3 amide bonds. The molecule has 11 heteroatoms. The molecule has 0 aliphatic heterocycles. The topological polar surface area (TPSA) is 165 Å². The van der Waals surface area contributed by atoms with Crippen LogP contribution >= 0.6 is 0 Å². The highest BCUT2D eigenvalue weighted by atomic mass is 16.4. The minimum absolute atomic E-state index is 0.141. The molecule has 0 saturated heterocycles. The Bertz CT molecular complexity index is 1170. The highest BCUT2D eigenvalue weighted by Gasteiger charge is 2.41. The maximum absolute atomic E-state index is 14.0. The number of aliphatic carboxylic acids is 2. The molecular weight excluding hydrogens is 552 g/mol. The fourth-order valence-electron chi connectivity index (χ4n) is 4.96. The number of carboxylic acids is 2. The number of likely N-dealkylation sites (N-methyl/N-ethyl adjacent to an activating group) is 2. The molecule has 0 heterocycles. The molecule has 0 fully saturated rings. The molecule has 0 aliphatic carbocycles. The molecule has 1 rings (SSSR count). The summed E-state index contributed by atoms with van der Waals surface area (Å²) in [6.07, 6.45) is 0.907. The monoisotopic (exact) mass is 602 g/mol. The summed E-state index contributed by atoms with van der Waals surface area (Å²) in [6, 6.07) is 6.17. The number of amides is 3. The van der Waals surface area contributed by atoms with E-state index in [9.17, 15) is 29.1 Å². The summed E-state index contributed by atoms with van der Waals surface area (Å²) in [7, 11) is 3.31. The van der Waals surface area contributed by atoms with Crippen molar-refractivity contribution in [1.82, 2.24) is 20.9 Å². The molecule has 1 aromatic rings. The summed E-state index contributed by atoms with van der Waals surface area (Å²) < 4.78 is 0. The Morgan fingerprint density at radius 1 is 0.930 bits per heavy atom. The van der Waals surface area contributed by atoms with Gasteiger partial charge in [0.15, 0.2) is 0 Å². The zero-order valence-corrected chi connectivity index (χ0v) is 27.1. The van der Waals surface area contributed by atoms with Crippen molar-refractivity contribution in [2.45, 2.75) is 97.8 Å². The largest absolute Gasteiger partial charge is 0.481 e. The quantitative estimate of drug-likeness (QED) is 0.191. The third kappa shape index (κ3) is 10.5. The van der Waals surface area contributed by atoms with Gasteiger partial charge in [0.1, 0.15) is 12.1 Å². The van der Waals surface area contributed by atoms with Gasteiger partial charge >= 0.3 is 11.9 Å². The van der Waals surface area contributed by atoms with Crippen LogP contribution in [-0.2, 0) is 29.4 Å². The second-order valence-electron chi connectivity index (χ2n) is 12.9. The molecule has 0 spiro atoms. The van der Waals surface area contributed by atoms with Crippen molar-refractivity contribution in [3.63, 3.8) is 0 Å². The van der Waals surface area contributed by atoms with Crippen molar-refractivity contribution in [1.29, 1.82) is 0 Å². The molecule has 1 aromatic carbocycles. The van der Waals surface area contributed by atoms with Crippen LogP contribution in [0.25, 0.3) is 0 Å². The third-order valence-electron chi connectivity index (χ3n) is 7.70. The van der Waals surface area contributed by atoms with Crippen LogP contribution in [0.1, 0.15) is 73.8 Å². The van der Waals surface area contributed by atoms with Crippen LogP contribution < -0.4 is 16.0 Å². The number of carboxylic acid groups (broad SMARTS) is 2. The fourth-order valence-corrected chi connectivity index (χ4v) is 4.96. The van der Waals surface area contributed by atoms with Gasteiger partial charge in [-0.2, -0.15) is 0 Å². The molecule has 4 atom stereocenters. The van der Waals surface area contributed by atoms with E-state index in [1.807, 2.05) is 78.8 Å². The average molecular weight is 603 g/mol. The average Bonchev–Trinajstić information content (AvgIpc) is 2.91. The normalized spacial score (nSPS) is 15.2. The summed E-state index contributed by atoms with van der Waals surface area (Å²) >= 11 is 0. The van der Waals surface area contributed by atoms with E-state index in [1.54, 1.807) is 20.2 Å². The predicted octanol–water partition coefficient (Wildman–Crippen LogP) is 2.95. The molecular formula is C32H50N4O7. The highest BCUT2D eigenvalue weighted by molar-refractivity contribution is 5.96. The van der Waals surface area contributed by atoms with E-state index in [-0.39, 0.29) is 29.7 Å². The van der Waals surface area contributed by atoms with Crippen LogP contribution in [0.4, 0.5) is 0 Å². The van der Waals surface area contributed by atoms with Gasteiger partial charge in [-0.25, -0.2) is 4.79 Å². The first kappa shape index (κ1) is 37.3. The Labute approximate surface area is 255 Å². The summed E-state index contributed by atoms with van der Waals surface area (Å²) in [5.41, 5.74) is -0.112. The molecule has 43 heavy (non-hydrogen) atoms. The van der Waals surface area contributed by atoms with Crippen molar-refractivity contribution >= 4 is 29.7 Å². The van der Waals surface area contributed by atoms with Gasteiger partial charge in [-0.1, -0.05) is 84.9 Å². The van der Waals surface area contributed by atoms with E-state index < -0.39 is 59.3 Å². The number of benzene rings is 1. The number of carbonyl (C=O) groups is 5. The van der Waals surface area contributed by atoms with E-state index in [0.29, 0.717) is 0 Å². The smallest absolute Gasteiger partial charge is 0.326 e. The van der Waals surface area contributed by atoms with Crippen molar-refractivity contribution in [3.05, 3.63) is 47.5 Å². The molecule has 240 valence electrons.